The lowest BCUT2D eigenvalue weighted by Gasteiger charge is -2.22. The van der Waals surface area contributed by atoms with E-state index in [1.807, 2.05) is 0 Å². The van der Waals surface area contributed by atoms with Crippen molar-refractivity contribution in [2.45, 2.75) is 43.9 Å². The molecule has 2 amide bonds. The topological polar surface area (TPSA) is 58.6 Å². The van der Waals surface area contributed by atoms with E-state index in [9.17, 15) is 14.0 Å². The van der Waals surface area contributed by atoms with Crippen LogP contribution >= 0.6 is 0 Å². The molecular weight excluding hydrogens is 311 g/mol. The van der Waals surface area contributed by atoms with Crippen LogP contribution in [0.4, 0.5) is 4.39 Å². The summed E-state index contributed by atoms with van der Waals surface area (Å²) in [6, 6.07) is 6.36. The van der Waals surface area contributed by atoms with E-state index in [0.717, 1.165) is 19.3 Å². The maximum Gasteiger partial charge on any atom is 0.227 e. The molecular formula is C18H21FN2O3. The van der Waals surface area contributed by atoms with Gasteiger partial charge in [0.15, 0.2) is 0 Å². The molecule has 1 aliphatic carbocycles. The predicted octanol–water partition coefficient (Wildman–Crippen LogP) is 1.26. The Balaban J connectivity index is 1.46. The number of rotatable bonds is 4. The Labute approximate surface area is 140 Å². The predicted molar refractivity (Wildman–Crippen MR) is 84.6 cm³/mol. The Morgan fingerprint density at radius 3 is 2.88 bits per heavy atom. The van der Waals surface area contributed by atoms with Gasteiger partial charge in [-0.25, -0.2) is 4.39 Å². The number of nitrogens with zero attached hydrogens (tertiary/aromatic N) is 1. The van der Waals surface area contributed by atoms with Crippen LogP contribution in [0.15, 0.2) is 24.3 Å². The summed E-state index contributed by atoms with van der Waals surface area (Å²) in [5, 5.41) is 3.02. The van der Waals surface area contributed by atoms with Gasteiger partial charge in [0.1, 0.15) is 5.82 Å². The molecule has 24 heavy (non-hydrogen) atoms. The number of carbonyl (C=O) groups excluding carboxylic acids is 2. The number of ether oxygens (including phenoxy) is 1. The summed E-state index contributed by atoms with van der Waals surface area (Å²) in [6.07, 6.45) is 2.77. The van der Waals surface area contributed by atoms with Crippen LogP contribution in [0.25, 0.3) is 0 Å². The molecule has 3 atom stereocenters. The number of likely N-dealkylation sites (tertiary alicyclic amines) is 1. The van der Waals surface area contributed by atoms with Crippen molar-refractivity contribution in [2.24, 2.45) is 5.92 Å². The first-order valence-electron chi connectivity index (χ1n) is 8.58. The third-order valence-electron chi connectivity index (χ3n) is 5.12. The Kier molecular flexibility index (Phi) is 4.00. The van der Waals surface area contributed by atoms with Crippen molar-refractivity contribution in [3.8, 4) is 0 Å². The lowest BCUT2D eigenvalue weighted by molar-refractivity contribution is -0.131. The van der Waals surface area contributed by atoms with Gasteiger partial charge in [0.25, 0.3) is 0 Å². The van der Waals surface area contributed by atoms with Crippen LogP contribution < -0.4 is 5.32 Å². The van der Waals surface area contributed by atoms with Crippen molar-refractivity contribution in [3.63, 3.8) is 0 Å². The van der Waals surface area contributed by atoms with Crippen LogP contribution in [0.1, 0.15) is 24.8 Å². The van der Waals surface area contributed by atoms with Gasteiger partial charge in [-0.2, -0.15) is 0 Å². The SMILES string of the molecule is O=C(NC1CC1)[C@@H]1CN(C(=O)Cc2cccc(F)c2)[C@H]2CCO[C@@H]12. The third-order valence-corrected chi connectivity index (χ3v) is 5.12. The highest BCUT2D eigenvalue weighted by molar-refractivity contribution is 5.84. The molecule has 0 bridgehead atoms. The van der Waals surface area contributed by atoms with Crippen molar-refractivity contribution in [1.82, 2.24) is 10.2 Å². The quantitative estimate of drug-likeness (QED) is 0.903. The molecule has 3 fully saturated rings. The zero-order chi connectivity index (χ0) is 16.7. The van der Waals surface area contributed by atoms with Crippen LogP contribution in [0.5, 0.6) is 0 Å². The number of hydrogen-bond donors (Lipinski definition) is 1. The number of carbonyl (C=O) groups is 2. The van der Waals surface area contributed by atoms with Gasteiger partial charge in [0.2, 0.25) is 11.8 Å². The summed E-state index contributed by atoms with van der Waals surface area (Å²) in [5.74, 6) is -0.710. The maximum absolute atomic E-state index is 13.3. The van der Waals surface area contributed by atoms with Crippen molar-refractivity contribution in [2.75, 3.05) is 13.2 Å². The van der Waals surface area contributed by atoms with E-state index in [-0.39, 0.29) is 42.1 Å². The van der Waals surface area contributed by atoms with Crippen molar-refractivity contribution in [1.29, 1.82) is 0 Å². The van der Waals surface area contributed by atoms with Gasteiger partial charge in [-0.3, -0.25) is 9.59 Å². The number of halogens is 1. The van der Waals surface area contributed by atoms with Gasteiger partial charge in [0.05, 0.1) is 24.5 Å². The zero-order valence-corrected chi connectivity index (χ0v) is 13.4. The van der Waals surface area contributed by atoms with Crippen LogP contribution in [-0.2, 0) is 20.7 Å². The highest BCUT2D eigenvalue weighted by Gasteiger charge is 2.50. The average Bonchev–Trinajstić information content (AvgIpc) is 3.09. The second-order valence-corrected chi connectivity index (χ2v) is 6.93. The fraction of sp³-hybridized carbons (Fsp3) is 0.556. The van der Waals surface area contributed by atoms with Gasteiger partial charge in [-0.05, 0) is 37.0 Å². The van der Waals surface area contributed by atoms with E-state index in [1.54, 1.807) is 17.0 Å². The van der Waals surface area contributed by atoms with Gasteiger partial charge in [0, 0.05) is 19.2 Å². The Hall–Kier alpha value is -1.95. The van der Waals surface area contributed by atoms with Crippen LogP contribution in [-0.4, -0.2) is 48.1 Å². The van der Waals surface area contributed by atoms with Gasteiger partial charge < -0.3 is 15.0 Å². The molecule has 6 heteroatoms. The van der Waals surface area contributed by atoms with Crippen LogP contribution in [0.2, 0.25) is 0 Å². The van der Waals surface area contributed by atoms with E-state index in [0.29, 0.717) is 24.8 Å². The second kappa shape index (κ2) is 6.16. The molecule has 128 valence electrons. The lowest BCUT2D eigenvalue weighted by atomic mass is 10.0. The first kappa shape index (κ1) is 15.6. The van der Waals surface area contributed by atoms with E-state index in [4.69, 9.17) is 4.74 Å². The van der Waals surface area contributed by atoms with Crippen LogP contribution in [0.3, 0.4) is 0 Å². The smallest absolute Gasteiger partial charge is 0.227 e. The minimum atomic E-state index is -0.342. The summed E-state index contributed by atoms with van der Waals surface area (Å²) in [4.78, 5) is 26.9. The molecule has 0 spiro atoms. The molecule has 1 saturated carbocycles. The highest BCUT2D eigenvalue weighted by atomic mass is 19.1. The fourth-order valence-corrected chi connectivity index (χ4v) is 3.75. The summed E-state index contributed by atoms with van der Waals surface area (Å²) in [6.45, 7) is 0.967. The van der Waals surface area contributed by atoms with E-state index in [2.05, 4.69) is 5.32 Å². The number of benzene rings is 1. The van der Waals surface area contributed by atoms with Crippen LogP contribution in [0, 0.1) is 11.7 Å². The largest absolute Gasteiger partial charge is 0.375 e. The minimum Gasteiger partial charge on any atom is -0.375 e. The molecule has 0 aromatic heterocycles. The third kappa shape index (κ3) is 3.02. The molecule has 1 N–H and O–H groups in total. The number of nitrogens with one attached hydrogen (secondary N) is 1. The molecule has 2 saturated heterocycles. The molecule has 0 unspecified atom stereocenters. The first-order chi connectivity index (χ1) is 11.6. The number of hydrogen-bond acceptors (Lipinski definition) is 3. The molecule has 1 aromatic carbocycles. The first-order valence-corrected chi connectivity index (χ1v) is 8.58. The van der Waals surface area contributed by atoms with Crippen molar-refractivity contribution >= 4 is 11.8 Å². The van der Waals surface area contributed by atoms with E-state index < -0.39 is 0 Å². The summed E-state index contributed by atoms with van der Waals surface area (Å²) in [7, 11) is 0. The minimum absolute atomic E-state index is 0.00421. The van der Waals surface area contributed by atoms with Gasteiger partial charge >= 0.3 is 0 Å². The molecule has 4 rings (SSSR count). The Morgan fingerprint density at radius 2 is 2.12 bits per heavy atom. The Bertz CT molecular complexity index is 661. The normalized spacial score (nSPS) is 28.7. The molecule has 3 aliphatic rings. The highest BCUT2D eigenvalue weighted by Crippen LogP contribution is 2.34. The number of amides is 2. The molecule has 5 nitrogen and oxygen atoms in total. The van der Waals surface area contributed by atoms with E-state index in [1.165, 1.54) is 12.1 Å². The fourth-order valence-electron chi connectivity index (χ4n) is 3.75. The van der Waals surface area contributed by atoms with E-state index >= 15 is 0 Å². The maximum atomic E-state index is 13.3. The standard InChI is InChI=1S/C18H21FN2O3/c19-12-3-1-2-11(8-12)9-16(22)21-10-14(17-15(21)6-7-24-17)18(23)20-13-4-5-13/h1-3,8,13-15,17H,4-7,9-10H2,(H,20,23)/t14-,15+,17+/m1/s1. The summed E-state index contributed by atoms with van der Waals surface area (Å²) < 4.78 is 19.1. The average molecular weight is 332 g/mol. The van der Waals surface area contributed by atoms with Crippen molar-refractivity contribution in [3.05, 3.63) is 35.6 Å². The zero-order valence-electron chi connectivity index (χ0n) is 13.4. The second-order valence-electron chi connectivity index (χ2n) is 6.93. The van der Waals surface area contributed by atoms with Gasteiger partial charge in [-0.15, -0.1) is 0 Å². The lowest BCUT2D eigenvalue weighted by Crippen LogP contribution is -2.39. The number of fused-ring (bicyclic) bond motifs is 1. The van der Waals surface area contributed by atoms with Crippen molar-refractivity contribution < 1.29 is 18.7 Å². The monoisotopic (exact) mass is 332 g/mol. The summed E-state index contributed by atoms with van der Waals surface area (Å²) >= 11 is 0. The molecule has 0 radical (unpaired) electrons. The summed E-state index contributed by atoms with van der Waals surface area (Å²) in [5.41, 5.74) is 0.654. The van der Waals surface area contributed by atoms with Gasteiger partial charge in [-0.1, -0.05) is 12.1 Å². The molecule has 2 aliphatic heterocycles. The Morgan fingerprint density at radius 1 is 1.29 bits per heavy atom. The molecule has 2 heterocycles. The molecule has 1 aromatic rings.